The molecule has 3 rings (SSSR count). The summed E-state index contributed by atoms with van der Waals surface area (Å²) in [4.78, 5) is 14.6. The van der Waals surface area contributed by atoms with Crippen LogP contribution < -0.4 is 4.74 Å². The Labute approximate surface area is 143 Å². The van der Waals surface area contributed by atoms with Crippen molar-refractivity contribution in [3.05, 3.63) is 52.6 Å². The van der Waals surface area contributed by atoms with Crippen LogP contribution in [0.2, 0.25) is 0 Å². The van der Waals surface area contributed by atoms with Gasteiger partial charge in [0.05, 0.1) is 25.6 Å². The smallest absolute Gasteiger partial charge is 0.254 e. The molecule has 1 heterocycles. The van der Waals surface area contributed by atoms with Gasteiger partial charge in [0.25, 0.3) is 5.91 Å². The van der Waals surface area contributed by atoms with Gasteiger partial charge in [-0.25, -0.2) is 0 Å². The van der Waals surface area contributed by atoms with Crippen LogP contribution in [0.15, 0.2) is 41.5 Å². The van der Waals surface area contributed by atoms with E-state index in [1.807, 2.05) is 23.1 Å². The maximum absolute atomic E-state index is 12.8. The minimum absolute atomic E-state index is 0.0510. The molecule has 1 aliphatic carbocycles. The molecule has 1 aliphatic heterocycles. The van der Waals surface area contributed by atoms with Gasteiger partial charge in [-0.15, -0.1) is 0 Å². The molecule has 1 amide bonds. The summed E-state index contributed by atoms with van der Waals surface area (Å²) in [5.41, 5.74) is 4.04. The summed E-state index contributed by atoms with van der Waals surface area (Å²) in [6.45, 7) is 2.68. The Balaban J connectivity index is 1.96. The normalized spacial score (nSPS) is 17.7. The highest BCUT2D eigenvalue weighted by Crippen LogP contribution is 2.36. The number of aryl methyl sites for hydroxylation is 1. The average molecular weight is 322 g/mol. The van der Waals surface area contributed by atoms with Gasteiger partial charge in [-0.05, 0) is 42.0 Å². The molecule has 1 aromatic carbocycles. The molecule has 1 aromatic rings. The first-order valence-corrected chi connectivity index (χ1v) is 8.43. The molecular weight excluding hydrogens is 300 g/mol. The number of amides is 1. The Morgan fingerprint density at radius 2 is 2.12 bits per heavy atom. The van der Waals surface area contributed by atoms with E-state index in [1.54, 1.807) is 7.11 Å². The van der Waals surface area contributed by atoms with Crippen LogP contribution >= 0.6 is 0 Å². The zero-order chi connectivity index (χ0) is 17.1. The van der Waals surface area contributed by atoms with E-state index in [0.29, 0.717) is 13.0 Å². The fraction of sp³-hybridized carbons (Fsp3) is 0.400. The van der Waals surface area contributed by atoms with E-state index in [9.17, 15) is 10.1 Å². The largest absolute Gasteiger partial charge is 0.496 e. The molecule has 1 atom stereocenters. The highest BCUT2D eigenvalue weighted by Gasteiger charge is 2.36. The van der Waals surface area contributed by atoms with E-state index in [2.05, 4.69) is 25.1 Å². The SMILES string of the molecule is CCc1cc(C(CC#N)N2CC3=CCCC=C3C2=O)ccc1OC. The zero-order valence-electron chi connectivity index (χ0n) is 14.2. The minimum Gasteiger partial charge on any atom is -0.496 e. The quantitative estimate of drug-likeness (QED) is 0.830. The van der Waals surface area contributed by atoms with Gasteiger partial charge in [-0.2, -0.15) is 5.26 Å². The van der Waals surface area contributed by atoms with Crippen LogP contribution in [-0.2, 0) is 11.2 Å². The number of hydrogen-bond donors (Lipinski definition) is 0. The van der Waals surface area contributed by atoms with Crippen LogP contribution in [0.1, 0.15) is 43.4 Å². The number of allylic oxidation sites excluding steroid dienone is 2. The van der Waals surface area contributed by atoms with E-state index in [-0.39, 0.29) is 11.9 Å². The van der Waals surface area contributed by atoms with Gasteiger partial charge in [-0.3, -0.25) is 4.79 Å². The van der Waals surface area contributed by atoms with Crippen LogP contribution in [0, 0.1) is 11.3 Å². The van der Waals surface area contributed by atoms with Crippen molar-refractivity contribution in [1.29, 1.82) is 5.26 Å². The maximum Gasteiger partial charge on any atom is 0.254 e. The molecule has 0 N–H and O–H groups in total. The molecule has 0 bridgehead atoms. The molecule has 1 unspecified atom stereocenters. The van der Waals surface area contributed by atoms with Crippen LogP contribution in [-0.4, -0.2) is 24.5 Å². The van der Waals surface area contributed by atoms with Gasteiger partial charge in [0, 0.05) is 12.1 Å². The van der Waals surface area contributed by atoms with Crippen molar-refractivity contribution in [2.75, 3.05) is 13.7 Å². The average Bonchev–Trinajstić information content (AvgIpc) is 2.96. The van der Waals surface area contributed by atoms with Gasteiger partial charge >= 0.3 is 0 Å². The summed E-state index contributed by atoms with van der Waals surface area (Å²) in [5, 5.41) is 9.29. The molecule has 1 fully saturated rings. The summed E-state index contributed by atoms with van der Waals surface area (Å²) in [6.07, 6.45) is 7.24. The molecule has 0 saturated carbocycles. The molecule has 24 heavy (non-hydrogen) atoms. The number of methoxy groups -OCH3 is 1. The van der Waals surface area contributed by atoms with E-state index >= 15 is 0 Å². The zero-order valence-corrected chi connectivity index (χ0v) is 14.2. The lowest BCUT2D eigenvalue weighted by molar-refractivity contribution is -0.126. The second-order valence-electron chi connectivity index (χ2n) is 6.16. The van der Waals surface area contributed by atoms with Gasteiger partial charge in [-0.1, -0.05) is 31.2 Å². The molecule has 4 nitrogen and oxygen atoms in total. The summed E-state index contributed by atoms with van der Waals surface area (Å²) in [6, 6.07) is 8.00. The first-order chi connectivity index (χ1) is 11.7. The summed E-state index contributed by atoms with van der Waals surface area (Å²) in [5.74, 6) is 0.902. The number of fused-ring (bicyclic) bond motifs is 1. The second kappa shape index (κ2) is 6.92. The van der Waals surface area contributed by atoms with E-state index in [1.165, 1.54) is 0 Å². The topological polar surface area (TPSA) is 53.3 Å². The Hall–Kier alpha value is -2.54. The molecule has 124 valence electrons. The highest BCUT2D eigenvalue weighted by molar-refractivity contribution is 6.01. The fourth-order valence-corrected chi connectivity index (χ4v) is 3.54. The first kappa shape index (κ1) is 16.3. The lowest BCUT2D eigenvalue weighted by Crippen LogP contribution is -2.30. The first-order valence-electron chi connectivity index (χ1n) is 8.43. The second-order valence-corrected chi connectivity index (χ2v) is 6.16. The van der Waals surface area contributed by atoms with Gasteiger partial charge in [0.1, 0.15) is 5.75 Å². The number of carbonyl (C=O) groups excluding carboxylic acids is 1. The Bertz CT molecular complexity index is 755. The third-order valence-electron chi connectivity index (χ3n) is 4.81. The van der Waals surface area contributed by atoms with Gasteiger partial charge in [0.15, 0.2) is 0 Å². The van der Waals surface area contributed by atoms with Crippen molar-refractivity contribution < 1.29 is 9.53 Å². The highest BCUT2D eigenvalue weighted by atomic mass is 16.5. The molecule has 0 aromatic heterocycles. The molecule has 0 spiro atoms. The number of carbonyl (C=O) groups is 1. The lowest BCUT2D eigenvalue weighted by atomic mass is 9.98. The Kier molecular flexibility index (Phi) is 4.71. The third kappa shape index (κ3) is 2.82. The van der Waals surface area contributed by atoms with Crippen LogP contribution in [0.5, 0.6) is 5.75 Å². The third-order valence-corrected chi connectivity index (χ3v) is 4.81. The van der Waals surface area contributed by atoms with Gasteiger partial charge in [0.2, 0.25) is 0 Å². The number of rotatable bonds is 5. The Morgan fingerprint density at radius 3 is 2.79 bits per heavy atom. The van der Waals surface area contributed by atoms with Crippen molar-refractivity contribution in [3.63, 3.8) is 0 Å². The standard InChI is InChI=1S/C20H22N2O2/c1-3-14-12-15(8-9-19(14)24-2)18(10-11-21)22-13-16-6-4-5-7-17(16)20(22)23/h6-9,12,18H,3-5,10,13H2,1-2H3. The summed E-state index contributed by atoms with van der Waals surface area (Å²) in [7, 11) is 1.66. The summed E-state index contributed by atoms with van der Waals surface area (Å²) < 4.78 is 5.39. The maximum atomic E-state index is 12.8. The minimum atomic E-state index is -0.217. The van der Waals surface area contributed by atoms with Crippen LogP contribution in [0.3, 0.4) is 0 Å². The predicted octanol–water partition coefficient (Wildman–Crippen LogP) is 3.70. The van der Waals surface area contributed by atoms with Crippen molar-refractivity contribution in [3.8, 4) is 11.8 Å². The summed E-state index contributed by atoms with van der Waals surface area (Å²) >= 11 is 0. The molecule has 2 aliphatic rings. The Morgan fingerprint density at radius 1 is 1.33 bits per heavy atom. The molecular formula is C20H22N2O2. The predicted molar refractivity (Wildman–Crippen MR) is 92.5 cm³/mol. The molecule has 4 heteroatoms. The van der Waals surface area contributed by atoms with E-state index in [4.69, 9.17) is 4.74 Å². The number of nitrogens with zero attached hydrogens (tertiary/aromatic N) is 2. The van der Waals surface area contributed by atoms with E-state index < -0.39 is 0 Å². The van der Waals surface area contributed by atoms with Crippen molar-refractivity contribution in [2.45, 2.75) is 38.6 Å². The van der Waals surface area contributed by atoms with Crippen molar-refractivity contribution in [1.82, 2.24) is 4.90 Å². The fourth-order valence-electron chi connectivity index (χ4n) is 3.54. The van der Waals surface area contributed by atoms with Gasteiger partial charge < -0.3 is 9.64 Å². The number of nitriles is 1. The lowest BCUT2D eigenvalue weighted by Gasteiger charge is -2.26. The van der Waals surface area contributed by atoms with Crippen molar-refractivity contribution >= 4 is 5.91 Å². The number of hydrogen-bond acceptors (Lipinski definition) is 3. The molecule has 0 radical (unpaired) electrons. The number of benzene rings is 1. The van der Waals surface area contributed by atoms with Crippen molar-refractivity contribution in [2.24, 2.45) is 0 Å². The van der Waals surface area contributed by atoms with Crippen LogP contribution in [0.4, 0.5) is 0 Å². The number of ether oxygens (including phenoxy) is 1. The monoisotopic (exact) mass is 322 g/mol. The van der Waals surface area contributed by atoms with E-state index in [0.717, 1.165) is 47.3 Å². The van der Waals surface area contributed by atoms with Crippen LogP contribution in [0.25, 0.3) is 0 Å². The number of likely N-dealkylation sites (tertiary alicyclic amines) is 1. The molecule has 1 saturated heterocycles.